The molecule has 34 heavy (non-hydrogen) atoms. The van der Waals surface area contributed by atoms with E-state index in [-0.39, 0.29) is 11.8 Å². The smallest absolute Gasteiger partial charge is 0.421 e. The molecule has 0 aliphatic carbocycles. The number of alkyl halides is 3. The molecular weight excluding hydrogens is 441 g/mol. The van der Waals surface area contributed by atoms with Crippen molar-refractivity contribution in [2.24, 2.45) is 0 Å². The maximum atomic E-state index is 13.6. The van der Waals surface area contributed by atoms with Crippen LogP contribution in [0.5, 0.6) is 5.75 Å². The monoisotopic (exact) mass is 472 g/mol. The topological polar surface area (TPSA) is 59.1 Å². The molecule has 0 saturated heterocycles. The molecule has 3 rings (SSSR count). The summed E-state index contributed by atoms with van der Waals surface area (Å²) < 4.78 is 46.6. The van der Waals surface area contributed by atoms with Crippen LogP contribution < -0.4 is 15.4 Å². The third-order valence-electron chi connectivity index (χ3n) is 5.21. The van der Waals surface area contributed by atoms with Gasteiger partial charge in [-0.25, -0.2) is 4.98 Å². The van der Waals surface area contributed by atoms with Crippen LogP contribution in [0, 0.1) is 0 Å². The summed E-state index contributed by atoms with van der Waals surface area (Å²) in [5.74, 6) is 0.337. The zero-order valence-electron chi connectivity index (χ0n) is 19.6. The van der Waals surface area contributed by atoms with E-state index >= 15 is 0 Å². The van der Waals surface area contributed by atoms with Crippen LogP contribution in [0.2, 0.25) is 0 Å². The van der Waals surface area contributed by atoms with Crippen LogP contribution in [0.1, 0.15) is 57.1 Å². The number of nitrogens with zero attached hydrogens (tertiary/aromatic N) is 2. The Labute approximate surface area is 198 Å². The van der Waals surface area contributed by atoms with Gasteiger partial charge in [-0.2, -0.15) is 18.2 Å². The van der Waals surface area contributed by atoms with Crippen molar-refractivity contribution in [3.63, 3.8) is 0 Å². The van der Waals surface area contributed by atoms with Gasteiger partial charge in [0, 0.05) is 23.6 Å². The second-order valence-corrected chi connectivity index (χ2v) is 8.09. The summed E-state index contributed by atoms with van der Waals surface area (Å²) in [4.78, 5) is 8.00. The van der Waals surface area contributed by atoms with Crippen molar-refractivity contribution in [3.05, 3.63) is 65.9 Å². The van der Waals surface area contributed by atoms with Gasteiger partial charge >= 0.3 is 6.18 Å². The van der Waals surface area contributed by atoms with Gasteiger partial charge in [-0.15, -0.1) is 0 Å². The number of rotatable bonds is 12. The Kier molecular flexibility index (Phi) is 9.13. The predicted octanol–water partition coefficient (Wildman–Crippen LogP) is 7.89. The summed E-state index contributed by atoms with van der Waals surface area (Å²) in [5, 5.41) is 5.77. The molecule has 0 aliphatic heterocycles. The molecule has 5 nitrogen and oxygen atoms in total. The molecule has 0 bridgehead atoms. The maximum Gasteiger partial charge on any atom is 0.421 e. The van der Waals surface area contributed by atoms with Crippen molar-refractivity contribution in [2.75, 3.05) is 17.2 Å². The first-order valence-corrected chi connectivity index (χ1v) is 11.7. The fourth-order valence-corrected chi connectivity index (χ4v) is 3.44. The second kappa shape index (κ2) is 12.3. The first kappa shape index (κ1) is 25.3. The number of benzene rings is 2. The molecular formula is C26H31F3N4O. The standard InChI is InChI=1S/C26H31F3N4O/c1-3-5-6-7-16-34-22-11-8-10-21(17-22)31-24-23(26(27,28)29)18-30-25(33-24)32-20-14-12-19(9-4-2)13-15-20/h8,10-15,17-18H,3-7,9,16H2,1-2H3,(H2,30,31,32,33). The van der Waals surface area contributed by atoms with Gasteiger partial charge in [0.1, 0.15) is 17.1 Å². The molecule has 0 amide bonds. The second-order valence-electron chi connectivity index (χ2n) is 8.09. The van der Waals surface area contributed by atoms with Gasteiger partial charge in [0.2, 0.25) is 5.95 Å². The average molecular weight is 473 g/mol. The van der Waals surface area contributed by atoms with E-state index < -0.39 is 11.7 Å². The fraction of sp³-hybridized carbons (Fsp3) is 0.385. The van der Waals surface area contributed by atoms with E-state index in [2.05, 4.69) is 34.4 Å². The molecule has 2 aromatic carbocycles. The SMILES string of the molecule is CCCCCCOc1cccc(Nc2nc(Nc3ccc(CCC)cc3)ncc2C(F)(F)F)c1. The summed E-state index contributed by atoms with van der Waals surface area (Å²) >= 11 is 0. The Hall–Kier alpha value is -3.29. The number of halogens is 3. The van der Waals surface area contributed by atoms with Crippen LogP contribution in [0.4, 0.5) is 36.3 Å². The number of aryl methyl sites for hydroxylation is 1. The Bertz CT molecular complexity index is 1040. The normalized spacial score (nSPS) is 11.3. The third kappa shape index (κ3) is 7.64. The largest absolute Gasteiger partial charge is 0.494 e. The summed E-state index contributed by atoms with van der Waals surface area (Å²) in [6.45, 7) is 4.81. The molecule has 0 aliphatic rings. The molecule has 8 heteroatoms. The highest BCUT2D eigenvalue weighted by atomic mass is 19.4. The zero-order chi connectivity index (χ0) is 24.4. The summed E-state index contributed by atoms with van der Waals surface area (Å²) in [6, 6.07) is 14.5. The van der Waals surface area contributed by atoms with E-state index in [1.54, 1.807) is 24.3 Å². The van der Waals surface area contributed by atoms with E-state index in [9.17, 15) is 13.2 Å². The highest BCUT2D eigenvalue weighted by molar-refractivity contribution is 5.64. The van der Waals surface area contributed by atoms with E-state index in [1.807, 2.05) is 24.3 Å². The third-order valence-corrected chi connectivity index (χ3v) is 5.21. The molecule has 1 aromatic heterocycles. The van der Waals surface area contributed by atoms with Gasteiger partial charge in [-0.3, -0.25) is 0 Å². The van der Waals surface area contributed by atoms with Crippen LogP contribution >= 0.6 is 0 Å². The Morgan fingerprint density at radius 1 is 0.882 bits per heavy atom. The van der Waals surface area contributed by atoms with Gasteiger partial charge < -0.3 is 15.4 Å². The highest BCUT2D eigenvalue weighted by Crippen LogP contribution is 2.35. The van der Waals surface area contributed by atoms with Crippen molar-refractivity contribution < 1.29 is 17.9 Å². The number of hydrogen-bond acceptors (Lipinski definition) is 5. The minimum Gasteiger partial charge on any atom is -0.494 e. The predicted molar refractivity (Wildman–Crippen MR) is 130 cm³/mol. The van der Waals surface area contributed by atoms with Gasteiger partial charge in [-0.05, 0) is 42.7 Å². The molecule has 0 fully saturated rings. The molecule has 0 saturated carbocycles. The average Bonchev–Trinajstić information content (AvgIpc) is 2.80. The van der Waals surface area contributed by atoms with E-state index in [0.29, 0.717) is 23.7 Å². The maximum absolute atomic E-state index is 13.6. The van der Waals surface area contributed by atoms with Crippen molar-refractivity contribution in [3.8, 4) is 5.75 Å². The van der Waals surface area contributed by atoms with Crippen molar-refractivity contribution >= 4 is 23.1 Å². The van der Waals surface area contributed by atoms with Crippen molar-refractivity contribution in [1.29, 1.82) is 0 Å². The lowest BCUT2D eigenvalue weighted by molar-refractivity contribution is -0.137. The Morgan fingerprint density at radius 2 is 1.68 bits per heavy atom. The number of ether oxygens (including phenoxy) is 1. The van der Waals surface area contributed by atoms with Gasteiger partial charge in [0.15, 0.2) is 0 Å². The zero-order valence-corrected chi connectivity index (χ0v) is 19.6. The first-order valence-electron chi connectivity index (χ1n) is 11.7. The fourth-order valence-electron chi connectivity index (χ4n) is 3.44. The molecule has 0 spiro atoms. The lowest BCUT2D eigenvalue weighted by Gasteiger charge is -2.15. The number of anilines is 4. The summed E-state index contributed by atoms with van der Waals surface area (Å²) in [7, 11) is 0. The summed E-state index contributed by atoms with van der Waals surface area (Å²) in [5.41, 5.74) is 1.40. The first-order chi connectivity index (χ1) is 16.4. The van der Waals surface area contributed by atoms with Crippen LogP contribution in [0.15, 0.2) is 54.7 Å². The molecule has 1 heterocycles. The molecule has 3 aromatic rings. The lowest BCUT2D eigenvalue weighted by Crippen LogP contribution is -2.12. The Morgan fingerprint density at radius 3 is 2.38 bits per heavy atom. The van der Waals surface area contributed by atoms with E-state index in [4.69, 9.17) is 4.74 Å². The van der Waals surface area contributed by atoms with Crippen LogP contribution in [-0.2, 0) is 12.6 Å². The highest BCUT2D eigenvalue weighted by Gasteiger charge is 2.35. The number of hydrogen-bond donors (Lipinski definition) is 2. The molecule has 182 valence electrons. The number of aromatic nitrogens is 2. The van der Waals surface area contributed by atoms with Crippen molar-refractivity contribution in [2.45, 2.75) is 58.5 Å². The molecule has 2 N–H and O–H groups in total. The minimum atomic E-state index is -4.60. The minimum absolute atomic E-state index is 0.0714. The lowest BCUT2D eigenvalue weighted by atomic mass is 10.1. The molecule has 0 unspecified atom stereocenters. The van der Waals surface area contributed by atoms with Gasteiger partial charge in [0.25, 0.3) is 0 Å². The number of nitrogens with one attached hydrogen (secondary N) is 2. The van der Waals surface area contributed by atoms with Gasteiger partial charge in [0.05, 0.1) is 6.61 Å². The van der Waals surface area contributed by atoms with Gasteiger partial charge in [-0.1, -0.05) is 57.7 Å². The van der Waals surface area contributed by atoms with Crippen LogP contribution in [0.25, 0.3) is 0 Å². The van der Waals surface area contributed by atoms with E-state index in [1.165, 1.54) is 5.56 Å². The Balaban J connectivity index is 1.76. The number of unbranched alkanes of at least 4 members (excludes halogenated alkanes) is 3. The van der Waals surface area contributed by atoms with E-state index in [0.717, 1.165) is 44.7 Å². The summed E-state index contributed by atoms with van der Waals surface area (Å²) in [6.07, 6.45) is 2.50. The quantitative estimate of drug-likeness (QED) is 0.262. The van der Waals surface area contributed by atoms with Crippen LogP contribution in [0.3, 0.4) is 0 Å². The van der Waals surface area contributed by atoms with Crippen LogP contribution in [-0.4, -0.2) is 16.6 Å². The van der Waals surface area contributed by atoms with Crippen molar-refractivity contribution in [1.82, 2.24) is 9.97 Å². The molecule has 0 radical (unpaired) electrons. The molecule has 0 atom stereocenters.